The number of rotatable bonds is 7. The number of nitrogens with two attached hydrogens (primary N) is 1. The highest BCUT2D eigenvalue weighted by molar-refractivity contribution is 7.98. The Bertz CT molecular complexity index is 326. The largest absolute Gasteiger partial charge is 0.398 e. The summed E-state index contributed by atoms with van der Waals surface area (Å²) in [6.45, 7) is 6.60. The summed E-state index contributed by atoms with van der Waals surface area (Å²) in [5.74, 6) is 1.23. The van der Waals surface area contributed by atoms with Gasteiger partial charge in [-0.1, -0.05) is 18.2 Å². The Morgan fingerprint density at radius 1 is 1.29 bits per heavy atom. The van der Waals surface area contributed by atoms with Crippen molar-refractivity contribution in [1.29, 1.82) is 0 Å². The SMILES string of the molecule is CSCCCN(Cc1ccccc1N)C(C)C. The van der Waals surface area contributed by atoms with Crippen LogP contribution in [0.2, 0.25) is 0 Å². The third-order valence-corrected chi connectivity index (χ3v) is 3.65. The fourth-order valence-electron chi connectivity index (χ4n) is 1.83. The highest BCUT2D eigenvalue weighted by Crippen LogP contribution is 2.15. The predicted octanol–water partition coefficient (Wildman–Crippen LogP) is 3.23. The molecule has 3 heteroatoms. The van der Waals surface area contributed by atoms with E-state index < -0.39 is 0 Å². The van der Waals surface area contributed by atoms with Crippen molar-refractivity contribution in [1.82, 2.24) is 4.90 Å². The molecule has 17 heavy (non-hydrogen) atoms. The van der Waals surface area contributed by atoms with Crippen molar-refractivity contribution in [3.63, 3.8) is 0 Å². The van der Waals surface area contributed by atoms with Gasteiger partial charge < -0.3 is 5.73 Å². The number of para-hydroxylation sites is 1. The van der Waals surface area contributed by atoms with Crippen LogP contribution < -0.4 is 5.73 Å². The molecule has 1 rings (SSSR count). The van der Waals surface area contributed by atoms with E-state index in [0.29, 0.717) is 6.04 Å². The number of nitrogens with zero attached hydrogens (tertiary/aromatic N) is 1. The molecular formula is C14H24N2S. The van der Waals surface area contributed by atoms with E-state index in [1.165, 1.54) is 17.7 Å². The summed E-state index contributed by atoms with van der Waals surface area (Å²) in [5.41, 5.74) is 8.14. The van der Waals surface area contributed by atoms with Gasteiger partial charge in [-0.25, -0.2) is 0 Å². The molecule has 0 amide bonds. The van der Waals surface area contributed by atoms with Crippen LogP contribution in [0.5, 0.6) is 0 Å². The second-order valence-electron chi connectivity index (χ2n) is 4.61. The average molecular weight is 252 g/mol. The quantitative estimate of drug-likeness (QED) is 0.597. The molecule has 96 valence electrons. The maximum atomic E-state index is 5.99. The fourth-order valence-corrected chi connectivity index (χ4v) is 2.25. The number of nitrogen functional groups attached to an aromatic ring is 1. The smallest absolute Gasteiger partial charge is 0.0359 e. The van der Waals surface area contributed by atoms with E-state index in [4.69, 9.17) is 5.73 Å². The van der Waals surface area contributed by atoms with E-state index in [9.17, 15) is 0 Å². The van der Waals surface area contributed by atoms with Gasteiger partial charge in [0.2, 0.25) is 0 Å². The second kappa shape index (κ2) is 7.62. The second-order valence-corrected chi connectivity index (χ2v) is 5.59. The number of hydrogen-bond donors (Lipinski definition) is 1. The minimum atomic E-state index is 0.566. The summed E-state index contributed by atoms with van der Waals surface area (Å²) in [6.07, 6.45) is 3.40. The standard InChI is InChI=1S/C14H24N2S/c1-12(2)16(9-6-10-17-3)11-13-7-4-5-8-14(13)15/h4-5,7-8,12H,6,9-11,15H2,1-3H3. The minimum Gasteiger partial charge on any atom is -0.398 e. The van der Waals surface area contributed by atoms with Crippen molar-refractivity contribution in [2.24, 2.45) is 0 Å². The van der Waals surface area contributed by atoms with Gasteiger partial charge >= 0.3 is 0 Å². The molecule has 2 N–H and O–H groups in total. The lowest BCUT2D eigenvalue weighted by Gasteiger charge is -2.27. The predicted molar refractivity (Wildman–Crippen MR) is 79.4 cm³/mol. The Hall–Kier alpha value is -0.670. The lowest BCUT2D eigenvalue weighted by molar-refractivity contribution is 0.214. The van der Waals surface area contributed by atoms with Crippen LogP contribution in [0.3, 0.4) is 0 Å². The Labute approximate surface area is 110 Å². The average Bonchev–Trinajstić information content (AvgIpc) is 2.30. The number of anilines is 1. The molecule has 0 aromatic heterocycles. The van der Waals surface area contributed by atoms with Gasteiger partial charge in [-0.15, -0.1) is 0 Å². The van der Waals surface area contributed by atoms with Gasteiger partial charge in [-0.05, 0) is 50.5 Å². The van der Waals surface area contributed by atoms with Crippen molar-refractivity contribution >= 4 is 17.4 Å². The van der Waals surface area contributed by atoms with Gasteiger partial charge in [-0.2, -0.15) is 11.8 Å². The Morgan fingerprint density at radius 3 is 2.59 bits per heavy atom. The molecule has 0 aliphatic rings. The van der Waals surface area contributed by atoms with Crippen molar-refractivity contribution in [2.45, 2.75) is 32.9 Å². The van der Waals surface area contributed by atoms with Crippen LogP contribution in [0.15, 0.2) is 24.3 Å². The van der Waals surface area contributed by atoms with Gasteiger partial charge in [0, 0.05) is 18.3 Å². The van der Waals surface area contributed by atoms with Crippen LogP contribution in [0.25, 0.3) is 0 Å². The highest BCUT2D eigenvalue weighted by atomic mass is 32.2. The van der Waals surface area contributed by atoms with Gasteiger partial charge in [0.15, 0.2) is 0 Å². The first-order chi connectivity index (χ1) is 8.15. The molecule has 0 atom stereocenters. The number of hydrogen-bond acceptors (Lipinski definition) is 3. The highest BCUT2D eigenvalue weighted by Gasteiger charge is 2.10. The minimum absolute atomic E-state index is 0.566. The lowest BCUT2D eigenvalue weighted by atomic mass is 10.1. The van der Waals surface area contributed by atoms with E-state index in [1.54, 1.807) is 0 Å². The van der Waals surface area contributed by atoms with Crippen molar-refractivity contribution in [3.05, 3.63) is 29.8 Å². The Morgan fingerprint density at radius 2 is 2.00 bits per heavy atom. The van der Waals surface area contributed by atoms with E-state index >= 15 is 0 Å². The lowest BCUT2D eigenvalue weighted by Crippen LogP contribution is -2.31. The zero-order valence-electron chi connectivity index (χ0n) is 11.1. The first kappa shape index (κ1) is 14.4. The van der Waals surface area contributed by atoms with Crippen LogP contribution in [0, 0.1) is 0 Å². The zero-order valence-corrected chi connectivity index (χ0v) is 12.0. The molecule has 0 spiro atoms. The zero-order chi connectivity index (χ0) is 12.7. The summed E-state index contributed by atoms with van der Waals surface area (Å²) >= 11 is 1.91. The maximum Gasteiger partial charge on any atom is 0.0359 e. The molecule has 0 unspecified atom stereocenters. The molecule has 1 aromatic rings. The summed E-state index contributed by atoms with van der Waals surface area (Å²) in [6, 6.07) is 8.73. The number of thioether (sulfide) groups is 1. The van der Waals surface area contributed by atoms with E-state index in [2.05, 4.69) is 37.1 Å². The third kappa shape index (κ3) is 5.00. The molecule has 2 nitrogen and oxygen atoms in total. The third-order valence-electron chi connectivity index (χ3n) is 2.95. The van der Waals surface area contributed by atoms with Gasteiger partial charge in [-0.3, -0.25) is 4.90 Å². The molecule has 0 saturated carbocycles. The maximum absolute atomic E-state index is 5.99. The fraction of sp³-hybridized carbons (Fsp3) is 0.571. The topological polar surface area (TPSA) is 29.3 Å². The van der Waals surface area contributed by atoms with Crippen molar-refractivity contribution in [2.75, 3.05) is 24.3 Å². The van der Waals surface area contributed by atoms with Gasteiger partial charge in [0.05, 0.1) is 0 Å². The molecular weight excluding hydrogens is 228 g/mol. The van der Waals surface area contributed by atoms with Gasteiger partial charge in [0.25, 0.3) is 0 Å². The molecule has 0 aliphatic heterocycles. The Kier molecular flexibility index (Phi) is 6.45. The molecule has 0 aliphatic carbocycles. The summed E-state index contributed by atoms with van der Waals surface area (Å²) in [7, 11) is 0. The van der Waals surface area contributed by atoms with Crippen LogP contribution >= 0.6 is 11.8 Å². The van der Waals surface area contributed by atoms with Crippen LogP contribution in [-0.4, -0.2) is 29.5 Å². The molecule has 0 bridgehead atoms. The molecule has 0 radical (unpaired) electrons. The van der Waals surface area contributed by atoms with Crippen molar-refractivity contribution in [3.8, 4) is 0 Å². The first-order valence-corrected chi connectivity index (χ1v) is 7.61. The van der Waals surface area contributed by atoms with E-state index in [0.717, 1.165) is 18.8 Å². The molecule has 0 heterocycles. The van der Waals surface area contributed by atoms with E-state index in [-0.39, 0.29) is 0 Å². The van der Waals surface area contributed by atoms with Crippen molar-refractivity contribution < 1.29 is 0 Å². The van der Waals surface area contributed by atoms with Crippen LogP contribution in [0.1, 0.15) is 25.8 Å². The summed E-state index contributed by atoms with van der Waals surface area (Å²) < 4.78 is 0. The summed E-state index contributed by atoms with van der Waals surface area (Å²) in [5, 5.41) is 0. The van der Waals surface area contributed by atoms with Crippen LogP contribution in [0.4, 0.5) is 5.69 Å². The number of benzene rings is 1. The van der Waals surface area contributed by atoms with Gasteiger partial charge in [0.1, 0.15) is 0 Å². The molecule has 1 aromatic carbocycles. The van der Waals surface area contributed by atoms with Crippen LogP contribution in [-0.2, 0) is 6.54 Å². The molecule has 0 fully saturated rings. The monoisotopic (exact) mass is 252 g/mol. The molecule has 0 saturated heterocycles. The Balaban J connectivity index is 2.57. The first-order valence-electron chi connectivity index (χ1n) is 6.21. The summed E-state index contributed by atoms with van der Waals surface area (Å²) in [4.78, 5) is 2.49. The van der Waals surface area contributed by atoms with E-state index in [1.807, 2.05) is 23.9 Å². The normalized spacial score (nSPS) is 11.4.